The van der Waals surface area contributed by atoms with E-state index < -0.39 is 11.0 Å². The second kappa shape index (κ2) is 4.67. The molecular weight excluding hydrogens is 220 g/mol. The van der Waals surface area contributed by atoms with Crippen LogP contribution in [0.2, 0.25) is 0 Å². The quantitative estimate of drug-likeness (QED) is 0.710. The summed E-state index contributed by atoms with van der Waals surface area (Å²) < 4.78 is 10.0. The molecule has 1 fully saturated rings. The fraction of sp³-hybridized carbons (Fsp3) is 0.846. The third-order valence-electron chi connectivity index (χ3n) is 3.20. The van der Waals surface area contributed by atoms with E-state index in [-0.39, 0.29) is 24.3 Å². The summed E-state index contributed by atoms with van der Waals surface area (Å²) in [4.78, 5) is 23.5. The van der Waals surface area contributed by atoms with Crippen LogP contribution in [0.25, 0.3) is 0 Å². The molecule has 4 nitrogen and oxygen atoms in total. The molecule has 0 saturated heterocycles. The van der Waals surface area contributed by atoms with E-state index in [1.54, 1.807) is 0 Å². The third kappa shape index (κ3) is 3.20. The van der Waals surface area contributed by atoms with Gasteiger partial charge in [0.15, 0.2) is 0 Å². The topological polar surface area (TPSA) is 52.6 Å². The maximum atomic E-state index is 11.8. The number of ether oxygens (including phenoxy) is 2. The predicted octanol–water partition coefficient (Wildman–Crippen LogP) is 2.31. The molecule has 0 unspecified atom stereocenters. The molecule has 0 N–H and O–H groups in total. The molecule has 0 amide bonds. The van der Waals surface area contributed by atoms with E-state index in [9.17, 15) is 9.59 Å². The van der Waals surface area contributed by atoms with Crippen molar-refractivity contribution in [2.45, 2.75) is 52.6 Å². The molecule has 0 aromatic heterocycles. The summed E-state index contributed by atoms with van der Waals surface area (Å²) in [5.41, 5.74) is -1.13. The highest BCUT2D eigenvalue weighted by Gasteiger charge is 2.61. The molecule has 1 aliphatic carbocycles. The molecule has 0 radical (unpaired) electrons. The van der Waals surface area contributed by atoms with Crippen molar-refractivity contribution >= 4 is 11.9 Å². The first-order valence-electron chi connectivity index (χ1n) is 6.05. The van der Waals surface area contributed by atoms with Crippen molar-refractivity contribution in [1.82, 2.24) is 0 Å². The van der Waals surface area contributed by atoms with Gasteiger partial charge in [0.1, 0.15) is 5.60 Å². The van der Waals surface area contributed by atoms with Crippen molar-refractivity contribution in [3.63, 3.8) is 0 Å². The number of carbonyl (C=O) groups excluding carboxylic acids is 2. The number of carbonyl (C=O) groups is 2. The van der Waals surface area contributed by atoms with Gasteiger partial charge in [-0.05, 0) is 33.1 Å². The molecular formula is C13H22O4. The molecule has 0 spiro atoms. The van der Waals surface area contributed by atoms with Crippen LogP contribution in [0.1, 0.15) is 47.0 Å². The van der Waals surface area contributed by atoms with E-state index in [1.807, 2.05) is 27.7 Å². The molecule has 1 saturated carbocycles. The Labute approximate surface area is 103 Å². The molecule has 0 aromatic rings. The Kier molecular flexibility index (Phi) is 3.84. The molecule has 98 valence electrons. The Morgan fingerprint density at radius 1 is 1.35 bits per heavy atom. The van der Waals surface area contributed by atoms with Gasteiger partial charge < -0.3 is 9.47 Å². The highest BCUT2D eigenvalue weighted by Crippen LogP contribution is 2.58. The largest absolute Gasteiger partial charge is 0.469 e. The van der Waals surface area contributed by atoms with Gasteiger partial charge in [-0.2, -0.15) is 0 Å². The van der Waals surface area contributed by atoms with Crippen molar-refractivity contribution < 1.29 is 19.1 Å². The van der Waals surface area contributed by atoms with Gasteiger partial charge in [0.25, 0.3) is 0 Å². The molecule has 0 aliphatic heterocycles. The molecule has 1 rings (SSSR count). The van der Waals surface area contributed by atoms with Crippen LogP contribution in [0.3, 0.4) is 0 Å². The predicted molar refractivity (Wildman–Crippen MR) is 63.3 cm³/mol. The van der Waals surface area contributed by atoms with Gasteiger partial charge in [-0.25, -0.2) is 0 Å². The minimum atomic E-state index is -0.619. The normalized spacial score (nSPS) is 27.5. The Bertz CT molecular complexity index is 316. The molecule has 1 aliphatic rings. The van der Waals surface area contributed by atoms with Gasteiger partial charge in [-0.15, -0.1) is 0 Å². The first kappa shape index (κ1) is 14.0. The van der Waals surface area contributed by atoms with E-state index in [0.717, 1.165) is 12.8 Å². The van der Waals surface area contributed by atoms with E-state index in [2.05, 4.69) is 0 Å². The summed E-state index contributed by atoms with van der Waals surface area (Å²) in [7, 11) is 1.37. The number of esters is 2. The van der Waals surface area contributed by atoms with Gasteiger partial charge in [0.05, 0.1) is 18.9 Å². The van der Waals surface area contributed by atoms with Gasteiger partial charge in [-0.3, -0.25) is 9.59 Å². The van der Waals surface area contributed by atoms with Crippen LogP contribution < -0.4 is 0 Å². The van der Waals surface area contributed by atoms with Crippen molar-refractivity contribution in [3.05, 3.63) is 0 Å². The van der Waals surface area contributed by atoms with Crippen LogP contribution in [0.5, 0.6) is 0 Å². The summed E-state index contributed by atoms with van der Waals surface area (Å²) in [5.74, 6) is -0.350. The standard InChI is InChI=1S/C13H22O4/c1-6-9-7-13(9,11(15)16-5)8-10(14)17-12(2,3)4/h9H,6-8H2,1-5H3/t9-,13-/m1/s1. The SMILES string of the molecule is CC[C@@H]1C[C@]1(CC(=O)OC(C)(C)C)C(=O)OC. The first-order valence-corrected chi connectivity index (χ1v) is 6.05. The average Bonchev–Trinajstić information content (AvgIpc) is 2.88. The second-order valence-electron chi connectivity index (χ2n) is 5.72. The van der Waals surface area contributed by atoms with Crippen molar-refractivity contribution in [2.24, 2.45) is 11.3 Å². The van der Waals surface area contributed by atoms with Crippen LogP contribution >= 0.6 is 0 Å². The van der Waals surface area contributed by atoms with Crippen LogP contribution in [0.15, 0.2) is 0 Å². The number of hydrogen-bond donors (Lipinski definition) is 0. The van der Waals surface area contributed by atoms with Gasteiger partial charge in [-0.1, -0.05) is 13.3 Å². The monoisotopic (exact) mass is 242 g/mol. The summed E-state index contributed by atoms with van der Waals surface area (Å²) in [5, 5.41) is 0. The molecule has 0 heterocycles. The fourth-order valence-electron chi connectivity index (χ4n) is 2.29. The van der Waals surface area contributed by atoms with Crippen molar-refractivity contribution in [2.75, 3.05) is 7.11 Å². The summed E-state index contributed by atoms with van der Waals surface area (Å²) in [6.07, 6.45) is 1.75. The average molecular weight is 242 g/mol. The lowest BCUT2D eigenvalue weighted by Crippen LogP contribution is -2.29. The Morgan fingerprint density at radius 3 is 2.29 bits per heavy atom. The molecule has 0 aromatic carbocycles. The zero-order valence-electron chi connectivity index (χ0n) is 11.3. The molecule has 4 heteroatoms. The van der Waals surface area contributed by atoms with E-state index in [0.29, 0.717) is 0 Å². The fourth-order valence-corrected chi connectivity index (χ4v) is 2.29. The summed E-state index contributed by atoms with van der Waals surface area (Å²) in [6.45, 7) is 7.48. The van der Waals surface area contributed by atoms with Gasteiger partial charge in [0.2, 0.25) is 0 Å². The van der Waals surface area contributed by atoms with E-state index in [1.165, 1.54) is 7.11 Å². The minimum absolute atomic E-state index is 0.134. The zero-order valence-corrected chi connectivity index (χ0v) is 11.3. The maximum Gasteiger partial charge on any atom is 0.312 e. The van der Waals surface area contributed by atoms with E-state index in [4.69, 9.17) is 9.47 Å². The lowest BCUT2D eigenvalue weighted by atomic mass is 9.98. The molecule has 2 atom stereocenters. The zero-order chi connectivity index (χ0) is 13.3. The highest BCUT2D eigenvalue weighted by atomic mass is 16.6. The Balaban J connectivity index is 2.64. The lowest BCUT2D eigenvalue weighted by Gasteiger charge is -2.21. The van der Waals surface area contributed by atoms with E-state index >= 15 is 0 Å². The van der Waals surface area contributed by atoms with Crippen molar-refractivity contribution in [3.8, 4) is 0 Å². The number of hydrogen-bond acceptors (Lipinski definition) is 4. The highest BCUT2D eigenvalue weighted by molar-refractivity contribution is 5.86. The summed E-state index contributed by atoms with van der Waals surface area (Å²) >= 11 is 0. The lowest BCUT2D eigenvalue weighted by molar-refractivity contribution is -0.162. The molecule has 0 bridgehead atoms. The van der Waals surface area contributed by atoms with Gasteiger partial charge in [0, 0.05) is 0 Å². The van der Waals surface area contributed by atoms with Crippen LogP contribution in [0, 0.1) is 11.3 Å². The Hall–Kier alpha value is -1.06. The minimum Gasteiger partial charge on any atom is -0.469 e. The first-order chi connectivity index (χ1) is 7.75. The Morgan fingerprint density at radius 2 is 1.94 bits per heavy atom. The number of rotatable bonds is 4. The van der Waals surface area contributed by atoms with Gasteiger partial charge >= 0.3 is 11.9 Å². The second-order valence-corrected chi connectivity index (χ2v) is 5.72. The third-order valence-corrected chi connectivity index (χ3v) is 3.20. The summed E-state index contributed by atoms with van der Waals surface area (Å²) in [6, 6.07) is 0. The molecule has 17 heavy (non-hydrogen) atoms. The smallest absolute Gasteiger partial charge is 0.312 e. The van der Waals surface area contributed by atoms with Crippen LogP contribution in [-0.4, -0.2) is 24.6 Å². The number of methoxy groups -OCH3 is 1. The van der Waals surface area contributed by atoms with Crippen molar-refractivity contribution in [1.29, 1.82) is 0 Å². The maximum absolute atomic E-state index is 11.8. The van der Waals surface area contributed by atoms with Crippen LogP contribution in [-0.2, 0) is 19.1 Å². The van der Waals surface area contributed by atoms with Crippen LogP contribution in [0.4, 0.5) is 0 Å².